The van der Waals surface area contributed by atoms with Gasteiger partial charge in [0, 0.05) is 11.1 Å². The number of carbonyl (C=O) groups excluding carboxylic acids is 2. The Kier molecular flexibility index (Phi) is 3.88. The van der Waals surface area contributed by atoms with E-state index in [0.29, 0.717) is 22.5 Å². The first-order valence-electron chi connectivity index (χ1n) is 7.96. The van der Waals surface area contributed by atoms with Gasteiger partial charge < -0.3 is 4.74 Å². The summed E-state index contributed by atoms with van der Waals surface area (Å²) in [5.41, 5.74) is 3.05. The van der Waals surface area contributed by atoms with E-state index in [9.17, 15) is 9.59 Å². The zero-order chi connectivity index (χ0) is 17.5. The molecule has 1 aliphatic heterocycles. The highest BCUT2D eigenvalue weighted by molar-refractivity contribution is 6.53. The van der Waals surface area contributed by atoms with E-state index in [1.807, 2.05) is 52.0 Å². The largest absolute Gasteiger partial charge is 0.478 e. The molecule has 0 saturated carbocycles. The minimum absolute atomic E-state index is 0.337. The van der Waals surface area contributed by atoms with Gasteiger partial charge in [0.15, 0.2) is 0 Å². The Morgan fingerprint density at radius 3 is 2.38 bits per heavy atom. The summed E-state index contributed by atoms with van der Waals surface area (Å²) < 4.78 is 6.19. The average Bonchev–Trinajstić information content (AvgIpc) is 2.51. The highest BCUT2D eigenvalue weighted by atomic mass is 16.5. The quantitative estimate of drug-likeness (QED) is 0.598. The van der Waals surface area contributed by atoms with Crippen LogP contribution in [0.2, 0.25) is 0 Å². The second-order valence-corrected chi connectivity index (χ2v) is 6.68. The molecule has 0 spiro atoms. The van der Waals surface area contributed by atoms with Crippen LogP contribution in [0, 0.1) is 0 Å². The molecule has 2 aliphatic rings. The third kappa shape index (κ3) is 2.78. The van der Waals surface area contributed by atoms with Gasteiger partial charge in [-0.05, 0) is 45.9 Å². The van der Waals surface area contributed by atoms with Gasteiger partial charge in [0.25, 0.3) is 0 Å². The van der Waals surface area contributed by atoms with Crippen LogP contribution in [0.1, 0.15) is 43.6 Å². The van der Waals surface area contributed by atoms with E-state index in [1.54, 1.807) is 18.2 Å². The molecule has 0 saturated heterocycles. The molecule has 1 aromatic rings. The van der Waals surface area contributed by atoms with Crippen molar-refractivity contribution < 1.29 is 14.3 Å². The molecule has 0 aromatic heterocycles. The normalized spacial score (nSPS) is 22.8. The Bertz CT molecular complexity index is 861. The predicted octanol–water partition coefficient (Wildman–Crippen LogP) is 4.42. The zero-order valence-electron chi connectivity index (χ0n) is 14.3. The predicted molar refractivity (Wildman–Crippen MR) is 94.5 cm³/mol. The van der Waals surface area contributed by atoms with E-state index in [0.717, 1.165) is 5.57 Å². The van der Waals surface area contributed by atoms with Gasteiger partial charge in [-0.3, -0.25) is 9.59 Å². The van der Waals surface area contributed by atoms with Crippen LogP contribution in [-0.2, 0) is 9.53 Å². The van der Waals surface area contributed by atoms with Crippen LogP contribution in [-0.4, -0.2) is 17.2 Å². The van der Waals surface area contributed by atoms with Crippen molar-refractivity contribution >= 4 is 17.3 Å². The summed E-state index contributed by atoms with van der Waals surface area (Å²) >= 11 is 0. The van der Waals surface area contributed by atoms with Crippen LogP contribution in [0.5, 0.6) is 0 Å². The number of fused-ring (bicyclic) bond motifs is 2. The molecular weight excluding hydrogens is 300 g/mol. The summed E-state index contributed by atoms with van der Waals surface area (Å²) in [7, 11) is 0. The Hall–Kier alpha value is -2.68. The van der Waals surface area contributed by atoms with Crippen molar-refractivity contribution in [3.05, 3.63) is 76.4 Å². The molecule has 3 nitrogen and oxygen atoms in total. The average molecular weight is 320 g/mol. The number of hydrogen-bond donors (Lipinski definition) is 0. The second kappa shape index (κ2) is 5.75. The van der Waals surface area contributed by atoms with E-state index in [1.165, 1.54) is 5.57 Å². The third-order valence-corrected chi connectivity index (χ3v) is 4.05. The smallest absolute Gasteiger partial charge is 0.237 e. The zero-order valence-corrected chi connectivity index (χ0v) is 14.3. The number of ether oxygens (including phenoxy) is 1. The van der Waals surface area contributed by atoms with Crippen molar-refractivity contribution in [3.63, 3.8) is 0 Å². The lowest BCUT2D eigenvalue weighted by atomic mass is 9.85. The first-order valence-corrected chi connectivity index (χ1v) is 7.96. The fourth-order valence-corrected chi connectivity index (χ4v) is 3.16. The Morgan fingerprint density at radius 1 is 1.04 bits per heavy atom. The first kappa shape index (κ1) is 16.2. The molecule has 0 N–H and O–H groups in total. The standard InChI is InChI=1S/C21H20O3/c1-13(2)11-14(3)12-21(4)10-9-17-19(23)18(22)15-7-5-6-8-16(15)20(17)24-21/h5-12H,1-4H3. The molecule has 24 heavy (non-hydrogen) atoms. The monoisotopic (exact) mass is 320 g/mol. The molecule has 0 fully saturated rings. The summed E-state index contributed by atoms with van der Waals surface area (Å²) in [6, 6.07) is 7.09. The van der Waals surface area contributed by atoms with Crippen LogP contribution < -0.4 is 0 Å². The highest BCUT2D eigenvalue weighted by Crippen LogP contribution is 2.38. The number of rotatable bonds is 2. The van der Waals surface area contributed by atoms with Crippen LogP contribution in [0.15, 0.2) is 65.3 Å². The van der Waals surface area contributed by atoms with Gasteiger partial charge in [-0.2, -0.15) is 0 Å². The number of benzene rings is 1. The molecule has 3 rings (SSSR count). The summed E-state index contributed by atoms with van der Waals surface area (Å²) in [5.74, 6) is -0.495. The van der Waals surface area contributed by atoms with Crippen LogP contribution >= 0.6 is 0 Å². The summed E-state index contributed by atoms with van der Waals surface area (Å²) in [5, 5.41) is 0. The molecule has 122 valence electrons. The third-order valence-electron chi connectivity index (χ3n) is 4.05. The van der Waals surface area contributed by atoms with E-state index < -0.39 is 17.2 Å². The lowest BCUT2D eigenvalue weighted by molar-refractivity contribution is -0.111. The Balaban J connectivity index is 2.07. The van der Waals surface area contributed by atoms with E-state index in [2.05, 4.69) is 6.08 Å². The van der Waals surface area contributed by atoms with Gasteiger partial charge >= 0.3 is 0 Å². The Labute approximate surface area is 142 Å². The molecule has 1 heterocycles. The van der Waals surface area contributed by atoms with Gasteiger partial charge in [0.2, 0.25) is 11.6 Å². The van der Waals surface area contributed by atoms with Crippen molar-refractivity contribution in [1.29, 1.82) is 0 Å². The topological polar surface area (TPSA) is 43.4 Å². The van der Waals surface area contributed by atoms with Gasteiger partial charge in [-0.25, -0.2) is 0 Å². The summed E-state index contributed by atoms with van der Waals surface area (Å²) in [6.45, 7) is 8.04. The fourth-order valence-electron chi connectivity index (χ4n) is 3.16. The summed E-state index contributed by atoms with van der Waals surface area (Å²) in [6.07, 6.45) is 7.63. The second-order valence-electron chi connectivity index (χ2n) is 6.68. The van der Waals surface area contributed by atoms with Crippen LogP contribution in [0.25, 0.3) is 5.76 Å². The van der Waals surface area contributed by atoms with Gasteiger partial charge in [-0.1, -0.05) is 41.5 Å². The van der Waals surface area contributed by atoms with E-state index >= 15 is 0 Å². The minimum Gasteiger partial charge on any atom is -0.478 e. The molecule has 0 bridgehead atoms. The SMILES string of the molecule is CC(C)=CC(C)=CC1(C)C=CC2=C(O1)c1ccccc1C(=O)C2=O. The van der Waals surface area contributed by atoms with Crippen LogP contribution in [0.3, 0.4) is 0 Å². The van der Waals surface area contributed by atoms with Crippen molar-refractivity contribution in [1.82, 2.24) is 0 Å². The molecule has 1 atom stereocenters. The molecular formula is C21H20O3. The van der Waals surface area contributed by atoms with Crippen molar-refractivity contribution in [2.75, 3.05) is 0 Å². The lowest BCUT2D eigenvalue weighted by Gasteiger charge is -2.33. The maximum atomic E-state index is 12.3. The maximum absolute atomic E-state index is 12.3. The van der Waals surface area contributed by atoms with Crippen molar-refractivity contribution in [2.45, 2.75) is 33.3 Å². The van der Waals surface area contributed by atoms with E-state index in [-0.39, 0.29) is 0 Å². The molecule has 1 aliphatic carbocycles. The molecule has 0 radical (unpaired) electrons. The van der Waals surface area contributed by atoms with Crippen molar-refractivity contribution in [3.8, 4) is 0 Å². The molecule has 1 aromatic carbocycles. The van der Waals surface area contributed by atoms with Crippen LogP contribution in [0.4, 0.5) is 0 Å². The van der Waals surface area contributed by atoms with E-state index in [4.69, 9.17) is 4.74 Å². The first-order chi connectivity index (χ1) is 11.3. The minimum atomic E-state index is -0.664. The molecule has 3 heteroatoms. The van der Waals surface area contributed by atoms with Gasteiger partial charge in [0.05, 0.1) is 5.57 Å². The Morgan fingerprint density at radius 2 is 1.71 bits per heavy atom. The number of allylic oxidation sites excluding steroid dienone is 5. The molecule has 1 unspecified atom stereocenters. The number of carbonyl (C=O) groups is 2. The fraction of sp³-hybridized carbons (Fsp3) is 0.238. The highest BCUT2D eigenvalue weighted by Gasteiger charge is 2.37. The van der Waals surface area contributed by atoms with Crippen molar-refractivity contribution in [2.24, 2.45) is 0 Å². The lowest BCUT2D eigenvalue weighted by Crippen LogP contribution is -2.32. The number of hydrogen-bond acceptors (Lipinski definition) is 3. The number of Topliss-reactive ketones (excluding diaryl/α,β-unsaturated/α-hetero) is 2. The molecule has 0 amide bonds. The van der Waals surface area contributed by atoms with Gasteiger partial charge in [-0.15, -0.1) is 0 Å². The summed E-state index contributed by atoms with van der Waals surface area (Å²) in [4.78, 5) is 24.6. The number of ketones is 2. The van der Waals surface area contributed by atoms with Gasteiger partial charge in [0.1, 0.15) is 11.4 Å². The maximum Gasteiger partial charge on any atom is 0.237 e.